The molecule has 0 amide bonds. The van der Waals surface area contributed by atoms with Crippen LogP contribution in [0, 0.1) is 0 Å². The lowest BCUT2D eigenvalue weighted by Crippen LogP contribution is -2.28. The first-order valence-corrected chi connectivity index (χ1v) is 4.44. The van der Waals surface area contributed by atoms with Crippen molar-refractivity contribution in [3.63, 3.8) is 0 Å². The van der Waals surface area contributed by atoms with Gasteiger partial charge < -0.3 is 5.73 Å². The summed E-state index contributed by atoms with van der Waals surface area (Å²) < 4.78 is 0. The lowest BCUT2D eigenvalue weighted by Gasteiger charge is -2.15. The second-order valence-electron chi connectivity index (χ2n) is 3.69. The summed E-state index contributed by atoms with van der Waals surface area (Å²) in [6.45, 7) is 4.61. The van der Waals surface area contributed by atoms with Crippen molar-refractivity contribution in [3.8, 4) is 0 Å². The maximum Gasteiger partial charge on any atom is 0.0674 e. The van der Waals surface area contributed by atoms with Gasteiger partial charge in [-0.05, 0) is 19.4 Å². The van der Waals surface area contributed by atoms with E-state index in [0.717, 1.165) is 5.56 Å². The van der Waals surface area contributed by atoms with E-state index >= 15 is 0 Å². The normalized spacial score (nSPS) is 12.2. The topological polar surface area (TPSA) is 38.4 Å². The van der Waals surface area contributed by atoms with Crippen LogP contribution in [0.5, 0.6) is 0 Å². The smallest absolute Gasteiger partial charge is 0.0674 e. The maximum absolute atomic E-state index is 5.56. The first kappa shape index (κ1) is 9.93. The minimum absolute atomic E-state index is 0.157. The van der Waals surface area contributed by atoms with Gasteiger partial charge in [0.2, 0.25) is 0 Å². The van der Waals surface area contributed by atoms with E-state index in [0.29, 0.717) is 6.54 Å². The van der Waals surface area contributed by atoms with Gasteiger partial charge in [-0.15, -0.1) is 0 Å². The molecule has 0 aliphatic carbocycles. The summed E-state index contributed by atoms with van der Waals surface area (Å²) in [6.07, 6.45) is 1.87. The lowest BCUT2D eigenvalue weighted by molar-refractivity contribution is 0.538. The van der Waals surface area contributed by atoms with Crippen LogP contribution in [0.25, 0.3) is 0 Å². The Morgan fingerprint density at radius 1 is 1.31 bits per heavy atom. The number of benzene rings is 1. The second kappa shape index (κ2) is 4.19. The molecule has 0 fully saturated rings. The van der Waals surface area contributed by atoms with Crippen molar-refractivity contribution in [2.45, 2.75) is 19.4 Å². The van der Waals surface area contributed by atoms with Crippen LogP contribution in [-0.4, -0.2) is 18.3 Å². The quantitative estimate of drug-likeness (QED) is 0.701. The van der Waals surface area contributed by atoms with Crippen molar-refractivity contribution in [2.24, 2.45) is 10.7 Å². The fraction of sp³-hybridized carbons (Fsp3) is 0.364. The zero-order valence-corrected chi connectivity index (χ0v) is 8.20. The van der Waals surface area contributed by atoms with Gasteiger partial charge in [-0.2, -0.15) is 0 Å². The summed E-state index contributed by atoms with van der Waals surface area (Å²) in [7, 11) is 0. The third-order valence-corrected chi connectivity index (χ3v) is 1.86. The molecule has 1 aromatic carbocycles. The highest BCUT2D eigenvalue weighted by Crippen LogP contribution is 2.06. The molecule has 1 aromatic rings. The van der Waals surface area contributed by atoms with Gasteiger partial charge in [0.25, 0.3) is 0 Å². The second-order valence-corrected chi connectivity index (χ2v) is 3.69. The first-order chi connectivity index (χ1) is 6.14. The molecule has 0 unspecified atom stereocenters. The number of hydrogen-bond acceptors (Lipinski definition) is 2. The van der Waals surface area contributed by atoms with Gasteiger partial charge in [-0.25, -0.2) is 0 Å². The minimum atomic E-state index is -0.157. The number of hydrogen-bond donors (Lipinski definition) is 1. The van der Waals surface area contributed by atoms with Crippen molar-refractivity contribution in [1.29, 1.82) is 0 Å². The van der Waals surface area contributed by atoms with Crippen molar-refractivity contribution >= 4 is 6.21 Å². The van der Waals surface area contributed by atoms with E-state index in [2.05, 4.69) is 4.99 Å². The fourth-order valence-corrected chi connectivity index (χ4v) is 0.841. The number of aliphatic imine (C=N–C) groups is 1. The van der Waals surface area contributed by atoms with Crippen LogP contribution < -0.4 is 5.73 Å². The van der Waals surface area contributed by atoms with Gasteiger partial charge in [-0.3, -0.25) is 4.99 Å². The molecule has 2 heteroatoms. The highest BCUT2D eigenvalue weighted by Gasteiger charge is 2.10. The number of nitrogens with two attached hydrogens (primary N) is 1. The van der Waals surface area contributed by atoms with Crippen molar-refractivity contribution in [1.82, 2.24) is 0 Å². The monoisotopic (exact) mass is 176 g/mol. The Hall–Kier alpha value is -1.15. The first-order valence-electron chi connectivity index (χ1n) is 4.44. The molecule has 0 spiro atoms. The standard InChI is InChI=1S/C11H16N2/c1-11(2,9-12)13-8-10-6-4-3-5-7-10/h3-8H,9,12H2,1-2H3/b13-8+. The number of rotatable bonds is 3. The molecule has 13 heavy (non-hydrogen) atoms. The van der Waals surface area contributed by atoms with Gasteiger partial charge in [0.15, 0.2) is 0 Å². The van der Waals surface area contributed by atoms with Crippen molar-refractivity contribution in [3.05, 3.63) is 35.9 Å². The van der Waals surface area contributed by atoms with E-state index < -0.39 is 0 Å². The third kappa shape index (κ3) is 3.38. The van der Waals surface area contributed by atoms with Gasteiger partial charge in [0, 0.05) is 12.8 Å². The summed E-state index contributed by atoms with van der Waals surface area (Å²) in [5.41, 5.74) is 6.51. The largest absolute Gasteiger partial charge is 0.328 e. The van der Waals surface area contributed by atoms with Crippen molar-refractivity contribution in [2.75, 3.05) is 6.54 Å². The predicted molar refractivity (Wildman–Crippen MR) is 57.2 cm³/mol. The van der Waals surface area contributed by atoms with E-state index in [-0.39, 0.29) is 5.54 Å². The molecule has 0 saturated heterocycles. The average Bonchev–Trinajstić information content (AvgIpc) is 2.17. The lowest BCUT2D eigenvalue weighted by atomic mass is 10.1. The molecule has 0 radical (unpaired) electrons. The Labute approximate surface area is 79.5 Å². The molecule has 70 valence electrons. The van der Waals surface area contributed by atoms with Gasteiger partial charge >= 0.3 is 0 Å². The van der Waals surface area contributed by atoms with Crippen molar-refractivity contribution < 1.29 is 0 Å². The Morgan fingerprint density at radius 2 is 1.92 bits per heavy atom. The predicted octanol–water partition coefficient (Wildman–Crippen LogP) is 1.84. The SMILES string of the molecule is CC(C)(CN)/N=C/c1ccccc1. The van der Waals surface area contributed by atoms with Crippen LogP contribution in [0.3, 0.4) is 0 Å². The van der Waals surface area contributed by atoms with E-state index in [1.807, 2.05) is 50.4 Å². The van der Waals surface area contributed by atoms with Crippen LogP contribution in [0.2, 0.25) is 0 Å². The molecule has 0 saturated carbocycles. The fourth-order valence-electron chi connectivity index (χ4n) is 0.841. The molecular formula is C11H16N2. The molecule has 0 heterocycles. The highest BCUT2D eigenvalue weighted by atomic mass is 14.9. The molecule has 0 aromatic heterocycles. The molecule has 2 nitrogen and oxygen atoms in total. The van der Waals surface area contributed by atoms with Crippen LogP contribution in [-0.2, 0) is 0 Å². The van der Waals surface area contributed by atoms with Gasteiger partial charge in [0.1, 0.15) is 0 Å². The maximum atomic E-state index is 5.56. The highest BCUT2D eigenvalue weighted by molar-refractivity contribution is 5.79. The summed E-state index contributed by atoms with van der Waals surface area (Å²) in [5.74, 6) is 0. The van der Waals surface area contributed by atoms with Crippen LogP contribution in [0.15, 0.2) is 35.3 Å². The average molecular weight is 176 g/mol. The van der Waals surface area contributed by atoms with Gasteiger partial charge in [-0.1, -0.05) is 30.3 Å². The Morgan fingerprint density at radius 3 is 2.46 bits per heavy atom. The number of nitrogens with zero attached hydrogens (tertiary/aromatic N) is 1. The summed E-state index contributed by atoms with van der Waals surface area (Å²) in [5, 5.41) is 0. The molecule has 0 aliphatic heterocycles. The van der Waals surface area contributed by atoms with E-state index in [1.54, 1.807) is 0 Å². The summed E-state index contributed by atoms with van der Waals surface area (Å²) in [4.78, 5) is 4.39. The Kier molecular flexibility index (Phi) is 3.20. The molecule has 0 aliphatic rings. The van der Waals surface area contributed by atoms with E-state index in [9.17, 15) is 0 Å². The molecule has 1 rings (SSSR count). The zero-order chi connectivity index (χ0) is 9.73. The summed E-state index contributed by atoms with van der Waals surface area (Å²) in [6, 6.07) is 10.0. The zero-order valence-electron chi connectivity index (χ0n) is 8.20. The molecule has 0 bridgehead atoms. The molecular weight excluding hydrogens is 160 g/mol. The van der Waals surface area contributed by atoms with Crippen LogP contribution in [0.4, 0.5) is 0 Å². The van der Waals surface area contributed by atoms with E-state index in [4.69, 9.17) is 5.73 Å². The van der Waals surface area contributed by atoms with Crippen LogP contribution >= 0.6 is 0 Å². The van der Waals surface area contributed by atoms with Gasteiger partial charge in [0.05, 0.1) is 5.54 Å². The Balaban J connectivity index is 2.69. The minimum Gasteiger partial charge on any atom is -0.328 e. The van der Waals surface area contributed by atoms with Crippen LogP contribution in [0.1, 0.15) is 19.4 Å². The Bertz CT molecular complexity index is 275. The molecule has 2 N–H and O–H groups in total. The van der Waals surface area contributed by atoms with E-state index in [1.165, 1.54) is 0 Å². The third-order valence-electron chi connectivity index (χ3n) is 1.86. The molecule has 0 atom stereocenters. The summed E-state index contributed by atoms with van der Waals surface area (Å²) >= 11 is 0.